The van der Waals surface area contributed by atoms with Gasteiger partial charge in [-0.15, -0.1) is 0 Å². The van der Waals surface area contributed by atoms with Crippen molar-refractivity contribution in [2.24, 2.45) is 0 Å². The summed E-state index contributed by atoms with van der Waals surface area (Å²) in [5.74, 6) is -0.426. The highest BCUT2D eigenvalue weighted by Gasteiger charge is 2.14. The highest BCUT2D eigenvalue weighted by atomic mass is 35.5. The Kier molecular flexibility index (Phi) is 5.46. The van der Waals surface area contributed by atoms with Crippen LogP contribution in [0.1, 0.15) is 10.5 Å². The third-order valence-electron chi connectivity index (χ3n) is 3.49. The summed E-state index contributed by atoms with van der Waals surface area (Å²) in [7, 11) is -3.69. The maximum Gasteiger partial charge on any atom is 0.271 e. The van der Waals surface area contributed by atoms with Gasteiger partial charge in [-0.1, -0.05) is 29.8 Å². The van der Waals surface area contributed by atoms with Crippen LogP contribution in [-0.4, -0.2) is 37.4 Å². The maximum absolute atomic E-state index is 12.1. The minimum atomic E-state index is -3.69. The summed E-state index contributed by atoms with van der Waals surface area (Å²) >= 11 is 5.80. The first kappa shape index (κ1) is 18.2. The van der Waals surface area contributed by atoms with Crippen LogP contribution < -0.4 is 10.0 Å². The number of rotatable bonds is 6. The topological polar surface area (TPSA) is 101 Å². The van der Waals surface area contributed by atoms with Crippen molar-refractivity contribution in [3.63, 3.8) is 0 Å². The van der Waals surface area contributed by atoms with Crippen LogP contribution in [-0.2, 0) is 10.0 Å². The first-order chi connectivity index (χ1) is 12.5. The first-order valence-corrected chi connectivity index (χ1v) is 9.57. The lowest BCUT2D eigenvalue weighted by molar-refractivity contribution is 0.0949. The van der Waals surface area contributed by atoms with Gasteiger partial charge < -0.3 is 5.32 Å². The number of hydrogen-bond acceptors (Lipinski definition) is 5. The van der Waals surface area contributed by atoms with Gasteiger partial charge in [-0.2, -0.15) is 0 Å². The van der Waals surface area contributed by atoms with E-state index in [4.69, 9.17) is 11.6 Å². The van der Waals surface area contributed by atoms with E-state index in [1.54, 1.807) is 24.3 Å². The van der Waals surface area contributed by atoms with Crippen molar-refractivity contribution in [1.82, 2.24) is 20.0 Å². The lowest BCUT2D eigenvalue weighted by Crippen LogP contribution is -2.35. The molecule has 2 N–H and O–H groups in total. The molecule has 0 saturated heterocycles. The van der Waals surface area contributed by atoms with Gasteiger partial charge in [-0.05, 0) is 30.3 Å². The average Bonchev–Trinajstić information content (AvgIpc) is 2.64. The van der Waals surface area contributed by atoms with E-state index < -0.39 is 15.9 Å². The molecule has 0 radical (unpaired) electrons. The lowest BCUT2D eigenvalue weighted by Gasteiger charge is -2.08. The number of carbonyl (C=O) groups is 1. The van der Waals surface area contributed by atoms with Crippen molar-refractivity contribution in [2.75, 3.05) is 13.1 Å². The minimum Gasteiger partial charge on any atom is -0.349 e. The van der Waals surface area contributed by atoms with Gasteiger partial charge in [0.05, 0.1) is 22.1 Å². The van der Waals surface area contributed by atoms with Crippen LogP contribution in [0.2, 0.25) is 5.02 Å². The molecule has 1 heterocycles. The summed E-state index contributed by atoms with van der Waals surface area (Å²) in [6.07, 6.45) is 1.38. The zero-order valence-electron chi connectivity index (χ0n) is 13.5. The van der Waals surface area contributed by atoms with Crippen LogP contribution in [0.3, 0.4) is 0 Å². The maximum atomic E-state index is 12.1. The Morgan fingerprint density at radius 2 is 1.81 bits per heavy atom. The van der Waals surface area contributed by atoms with E-state index in [9.17, 15) is 13.2 Å². The van der Waals surface area contributed by atoms with Gasteiger partial charge in [-0.25, -0.2) is 18.1 Å². The predicted octanol–water partition coefficient (Wildman–Crippen LogP) is 1.99. The first-order valence-electron chi connectivity index (χ1n) is 7.71. The third kappa shape index (κ3) is 4.34. The Bertz CT molecular complexity index is 1060. The molecule has 26 heavy (non-hydrogen) atoms. The van der Waals surface area contributed by atoms with Crippen LogP contribution in [0.5, 0.6) is 0 Å². The molecule has 0 saturated carbocycles. The highest BCUT2D eigenvalue weighted by Crippen LogP contribution is 2.14. The number of nitrogens with one attached hydrogen (secondary N) is 2. The minimum absolute atomic E-state index is 0.0294. The van der Waals surface area contributed by atoms with Crippen molar-refractivity contribution in [2.45, 2.75) is 4.90 Å². The van der Waals surface area contributed by atoms with E-state index in [-0.39, 0.29) is 23.7 Å². The van der Waals surface area contributed by atoms with Crippen molar-refractivity contribution >= 4 is 38.6 Å². The second-order valence-corrected chi connectivity index (χ2v) is 7.56. The summed E-state index contributed by atoms with van der Waals surface area (Å²) in [5, 5.41) is 2.93. The van der Waals surface area contributed by atoms with Crippen LogP contribution in [0, 0.1) is 0 Å². The van der Waals surface area contributed by atoms with E-state index in [1.165, 1.54) is 18.3 Å². The predicted molar refractivity (Wildman–Crippen MR) is 98.5 cm³/mol. The van der Waals surface area contributed by atoms with Crippen LogP contribution >= 0.6 is 11.6 Å². The standard InChI is InChI=1S/C17H15ClN4O3S/c18-12-4-3-5-13(10-12)26(24,25)21-9-8-19-17(23)16-11-20-14-6-1-2-7-15(14)22-16/h1-7,10-11,21H,8-9H2,(H,19,23). The van der Waals surface area contributed by atoms with Crippen molar-refractivity contribution < 1.29 is 13.2 Å². The van der Waals surface area contributed by atoms with Gasteiger partial charge in [0.25, 0.3) is 5.91 Å². The molecule has 3 rings (SSSR count). The molecule has 0 aliphatic carbocycles. The fraction of sp³-hybridized carbons (Fsp3) is 0.118. The van der Waals surface area contributed by atoms with Gasteiger partial charge in [0.15, 0.2) is 0 Å². The van der Waals surface area contributed by atoms with Crippen LogP contribution in [0.15, 0.2) is 59.6 Å². The van der Waals surface area contributed by atoms with Gasteiger partial charge in [-0.3, -0.25) is 9.78 Å². The van der Waals surface area contributed by atoms with Crippen molar-refractivity contribution in [1.29, 1.82) is 0 Å². The molecule has 1 amide bonds. The number of aromatic nitrogens is 2. The van der Waals surface area contributed by atoms with E-state index in [2.05, 4.69) is 20.0 Å². The normalized spacial score (nSPS) is 11.4. The number of nitrogens with zero attached hydrogens (tertiary/aromatic N) is 2. The molecule has 0 fully saturated rings. The van der Waals surface area contributed by atoms with Gasteiger partial charge in [0, 0.05) is 18.1 Å². The largest absolute Gasteiger partial charge is 0.349 e. The Morgan fingerprint density at radius 1 is 1.04 bits per heavy atom. The van der Waals surface area contributed by atoms with Gasteiger partial charge >= 0.3 is 0 Å². The van der Waals surface area contributed by atoms with Crippen LogP contribution in [0.25, 0.3) is 11.0 Å². The molecular formula is C17H15ClN4O3S. The fourth-order valence-electron chi connectivity index (χ4n) is 2.24. The average molecular weight is 391 g/mol. The molecule has 0 aliphatic rings. The Labute approximate surface area is 155 Å². The Hall–Kier alpha value is -2.55. The molecule has 2 aromatic carbocycles. The van der Waals surface area contributed by atoms with E-state index in [1.807, 2.05) is 12.1 Å². The number of hydrogen-bond donors (Lipinski definition) is 2. The highest BCUT2D eigenvalue weighted by molar-refractivity contribution is 7.89. The summed E-state index contributed by atoms with van der Waals surface area (Å²) in [6, 6.07) is 13.1. The number of benzene rings is 2. The zero-order valence-corrected chi connectivity index (χ0v) is 15.1. The van der Waals surface area contributed by atoms with E-state index in [0.717, 1.165) is 0 Å². The zero-order chi connectivity index (χ0) is 18.6. The number of halogens is 1. The summed E-state index contributed by atoms with van der Waals surface area (Å²) in [5.41, 5.74) is 1.47. The van der Waals surface area contributed by atoms with Crippen molar-refractivity contribution in [3.8, 4) is 0 Å². The van der Waals surface area contributed by atoms with E-state index >= 15 is 0 Å². The molecule has 1 aromatic heterocycles. The number of para-hydroxylation sites is 2. The summed E-state index contributed by atoms with van der Waals surface area (Å²) in [6.45, 7) is 0.134. The number of fused-ring (bicyclic) bond motifs is 1. The Morgan fingerprint density at radius 3 is 2.58 bits per heavy atom. The molecule has 0 unspecified atom stereocenters. The molecule has 0 aliphatic heterocycles. The smallest absolute Gasteiger partial charge is 0.271 e. The second-order valence-electron chi connectivity index (χ2n) is 5.36. The van der Waals surface area contributed by atoms with Crippen LogP contribution in [0.4, 0.5) is 0 Å². The fourth-order valence-corrected chi connectivity index (χ4v) is 3.57. The summed E-state index contributed by atoms with van der Waals surface area (Å²) in [4.78, 5) is 20.6. The molecule has 134 valence electrons. The second kappa shape index (κ2) is 7.77. The summed E-state index contributed by atoms with van der Waals surface area (Å²) < 4.78 is 26.7. The third-order valence-corrected chi connectivity index (χ3v) is 5.18. The quantitative estimate of drug-likeness (QED) is 0.627. The number of sulfonamides is 1. The van der Waals surface area contributed by atoms with Crippen molar-refractivity contribution in [3.05, 3.63) is 65.4 Å². The molecule has 0 atom stereocenters. The molecule has 0 spiro atoms. The number of amides is 1. The van der Waals surface area contributed by atoms with Gasteiger partial charge in [0.1, 0.15) is 5.69 Å². The van der Waals surface area contributed by atoms with Gasteiger partial charge in [0.2, 0.25) is 10.0 Å². The van der Waals surface area contributed by atoms with E-state index in [0.29, 0.717) is 16.1 Å². The SMILES string of the molecule is O=C(NCCNS(=O)(=O)c1cccc(Cl)c1)c1cnc2ccccc2n1. The number of carbonyl (C=O) groups excluding carboxylic acids is 1. The molecular weight excluding hydrogens is 376 g/mol. The lowest BCUT2D eigenvalue weighted by atomic mass is 10.3. The Balaban J connectivity index is 1.56. The molecule has 9 heteroatoms. The molecule has 3 aromatic rings. The molecule has 0 bridgehead atoms. The molecule has 7 nitrogen and oxygen atoms in total. The monoisotopic (exact) mass is 390 g/mol.